The first-order valence-corrected chi connectivity index (χ1v) is 4.36. The quantitative estimate of drug-likeness (QED) is 0.501. The maximum absolute atomic E-state index is 3.41. The molecule has 2 aliphatic rings. The molecular weight excluding hydrogens is 122 g/mol. The zero-order chi connectivity index (χ0) is 6.81. The lowest BCUT2D eigenvalue weighted by Gasteiger charge is -2.29. The normalized spacial score (nSPS) is 32.8. The first-order valence-electron chi connectivity index (χ1n) is 4.36. The number of fused-ring (bicyclic) bond motifs is 1. The average Bonchev–Trinajstić information content (AvgIpc) is 2.05. The van der Waals surface area contributed by atoms with Crippen LogP contribution in [-0.4, -0.2) is 13.1 Å². The third kappa shape index (κ3) is 1.10. The Morgan fingerprint density at radius 1 is 1.40 bits per heavy atom. The van der Waals surface area contributed by atoms with E-state index in [0.29, 0.717) is 0 Å². The van der Waals surface area contributed by atoms with E-state index in [1.807, 2.05) is 0 Å². The van der Waals surface area contributed by atoms with Gasteiger partial charge in [-0.2, -0.15) is 0 Å². The summed E-state index contributed by atoms with van der Waals surface area (Å²) in [7, 11) is 0. The number of nitrogens with one attached hydrogen (secondary N) is 1. The highest BCUT2D eigenvalue weighted by molar-refractivity contribution is 5.13. The van der Waals surface area contributed by atoms with Gasteiger partial charge >= 0.3 is 0 Å². The number of hydrogen-bond donors (Lipinski definition) is 1. The molecule has 10 heavy (non-hydrogen) atoms. The monoisotopic (exact) mass is 137 g/mol. The predicted molar refractivity (Wildman–Crippen MR) is 42.9 cm³/mol. The lowest BCUT2D eigenvalue weighted by Crippen LogP contribution is -2.30. The summed E-state index contributed by atoms with van der Waals surface area (Å²) in [5, 5.41) is 3.41. The Kier molecular flexibility index (Phi) is 1.76. The summed E-state index contributed by atoms with van der Waals surface area (Å²) in [6.07, 6.45) is 8.09. The van der Waals surface area contributed by atoms with Crippen molar-refractivity contribution in [3.63, 3.8) is 0 Å². The molecule has 1 atom stereocenters. The first-order chi connectivity index (χ1) is 4.97. The Morgan fingerprint density at radius 2 is 2.40 bits per heavy atom. The highest BCUT2D eigenvalue weighted by atomic mass is 14.9. The molecular formula is C9H15N. The van der Waals surface area contributed by atoms with E-state index in [4.69, 9.17) is 0 Å². The molecule has 1 aliphatic carbocycles. The molecule has 1 heterocycles. The molecule has 1 aliphatic heterocycles. The van der Waals surface area contributed by atoms with Crippen molar-refractivity contribution in [2.75, 3.05) is 13.1 Å². The second-order valence-corrected chi connectivity index (χ2v) is 3.38. The van der Waals surface area contributed by atoms with Crippen LogP contribution in [0.2, 0.25) is 0 Å². The second kappa shape index (κ2) is 2.75. The van der Waals surface area contributed by atoms with Crippen LogP contribution in [0.1, 0.15) is 25.7 Å². The lowest BCUT2D eigenvalue weighted by atomic mass is 9.82. The molecule has 1 fully saturated rings. The molecule has 0 aromatic carbocycles. The van der Waals surface area contributed by atoms with Gasteiger partial charge in [-0.25, -0.2) is 0 Å². The number of hydrogen-bond acceptors (Lipinski definition) is 1. The summed E-state index contributed by atoms with van der Waals surface area (Å²) in [4.78, 5) is 0. The van der Waals surface area contributed by atoms with Crippen molar-refractivity contribution in [3.05, 3.63) is 11.6 Å². The topological polar surface area (TPSA) is 12.0 Å². The molecule has 1 nitrogen and oxygen atoms in total. The minimum absolute atomic E-state index is 0.905. The third-order valence-electron chi connectivity index (χ3n) is 2.69. The van der Waals surface area contributed by atoms with Crippen molar-refractivity contribution in [2.45, 2.75) is 25.7 Å². The molecule has 0 aromatic rings. The fraction of sp³-hybridized carbons (Fsp3) is 0.778. The largest absolute Gasteiger partial charge is 0.313 e. The molecule has 1 saturated carbocycles. The van der Waals surface area contributed by atoms with Crippen LogP contribution in [0.3, 0.4) is 0 Å². The molecule has 0 amide bonds. The molecule has 1 heteroatoms. The lowest BCUT2D eigenvalue weighted by molar-refractivity contribution is 0.416. The van der Waals surface area contributed by atoms with Gasteiger partial charge in [-0.05, 0) is 25.2 Å². The van der Waals surface area contributed by atoms with E-state index in [9.17, 15) is 0 Å². The van der Waals surface area contributed by atoms with Crippen LogP contribution in [0.15, 0.2) is 11.6 Å². The predicted octanol–water partition coefficient (Wildman–Crippen LogP) is 1.71. The Hall–Kier alpha value is -0.300. The summed E-state index contributed by atoms with van der Waals surface area (Å²) >= 11 is 0. The summed E-state index contributed by atoms with van der Waals surface area (Å²) in [5.74, 6) is 0.905. The van der Waals surface area contributed by atoms with E-state index in [-0.39, 0.29) is 0 Å². The fourth-order valence-corrected chi connectivity index (χ4v) is 2.07. The number of rotatable bonds is 0. The van der Waals surface area contributed by atoms with Crippen LogP contribution in [0.4, 0.5) is 0 Å². The highest BCUT2D eigenvalue weighted by Gasteiger charge is 2.19. The molecule has 2 rings (SSSR count). The van der Waals surface area contributed by atoms with Crippen LogP contribution < -0.4 is 5.32 Å². The van der Waals surface area contributed by atoms with Crippen LogP contribution >= 0.6 is 0 Å². The molecule has 0 aromatic heterocycles. The van der Waals surface area contributed by atoms with Gasteiger partial charge in [0.25, 0.3) is 0 Å². The van der Waals surface area contributed by atoms with Gasteiger partial charge in [-0.1, -0.05) is 18.1 Å². The molecule has 1 N–H and O–H groups in total. The van der Waals surface area contributed by atoms with E-state index in [1.165, 1.54) is 32.2 Å². The highest BCUT2D eigenvalue weighted by Crippen LogP contribution is 2.29. The van der Waals surface area contributed by atoms with Gasteiger partial charge in [-0.3, -0.25) is 0 Å². The Morgan fingerprint density at radius 3 is 3.30 bits per heavy atom. The van der Waals surface area contributed by atoms with Crippen molar-refractivity contribution in [1.82, 2.24) is 5.32 Å². The second-order valence-electron chi connectivity index (χ2n) is 3.38. The summed E-state index contributed by atoms with van der Waals surface area (Å²) in [6.45, 7) is 2.36. The maximum atomic E-state index is 3.41. The standard InChI is InChI=1S/C9H15N/c1-2-4-9-7-10-6-5-8(9)3-1/h5,9-10H,1-4,6-7H2. The smallest absolute Gasteiger partial charge is 0.0137 e. The van der Waals surface area contributed by atoms with E-state index in [1.54, 1.807) is 5.57 Å². The molecule has 1 unspecified atom stereocenters. The average molecular weight is 137 g/mol. The van der Waals surface area contributed by atoms with E-state index in [2.05, 4.69) is 11.4 Å². The van der Waals surface area contributed by atoms with Crippen LogP contribution in [-0.2, 0) is 0 Å². The SMILES string of the molecule is C1=C2CCCCC2CNC1. The molecule has 0 saturated heterocycles. The van der Waals surface area contributed by atoms with Gasteiger partial charge in [0.15, 0.2) is 0 Å². The summed E-state index contributed by atoms with van der Waals surface area (Å²) < 4.78 is 0. The Bertz CT molecular complexity index is 149. The van der Waals surface area contributed by atoms with Crippen molar-refractivity contribution >= 4 is 0 Å². The van der Waals surface area contributed by atoms with Crippen molar-refractivity contribution in [2.24, 2.45) is 5.92 Å². The van der Waals surface area contributed by atoms with Gasteiger partial charge in [0.2, 0.25) is 0 Å². The van der Waals surface area contributed by atoms with Gasteiger partial charge in [0, 0.05) is 13.1 Å². The van der Waals surface area contributed by atoms with Gasteiger partial charge in [-0.15, -0.1) is 0 Å². The van der Waals surface area contributed by atoms with Crippen LogP contribution in [0.5, 0.6) is 0 Å². The van der Waals surface area contributed by atoms with Crippen molar-refractivity contribution in [3.8, 4) is 0 Å². The zero-order valence-electron chi connectivity index (χ0n) is 6.40. The minimum Gasteiger partial charge on any atom is -0.313 e. The maximum Gasteiger partial charge on any atom is 0.0137 e. The van der Waals surface area contributed by atoms with Gasteiger partial charge in [0.05, 0.1) is 0 Å². The van der Waals surface area contributed by atoms with E-state index >= 15 is 0 Å². The van der Waals surface area contributed by atoms with Crippen molar-refractivity contribution < 1.29 is 0 Å². The molecule has 0 spiro atoms. The molecule has 56 valence electrons. The van der Waals surface area contributed by atoms with E-state index in [0.717, 1.165) is 12.5 Å². The third-order valence-corrected chi connectivity index (χ3v) is 2.69. The van der Waals surface area contributed by atoms with Crippen LogP contribution in [0, 0.1) is 5.92 Å². The first kappa shape index (κ1) is 6.41. The summed E-state index contributed by atoms with van der Waals surface area (Å²) in [6, 6.07) is 0. The minimum atomic E-state index is 0.905. The van der Waals surface area contributed by atoms with Crippen molar-refractivity contribution in [1.29, 1.82) is 0 Å². The fourth-order valence-electron chi connectivity index (χ4n) is 2.07. The van der Waals surface area contributed by atoms with Gasteiger partial charge in [0.1, 0.15) is 0 Å². The Labute approximate surface area is 62.5 Å². The molecule has 0 bridgehead atoms. The Balaban J connectivity index is 2.08. The zero-order valence-corrected chi connectivity index (χ0v) is 6.40. The van der Waals surface area contributed by atoms with Crippen LogP contribution in [0.25, 0.3) is 0 Å². The molecule has 0 radical (unpaired) electrons. The van der Waals surface area contributed by atoms with Gasteiger partial charge < -0.3 is 5.32 Å². The van der Waals surface area contributed by atoms with E-state index < -0.39 is 0 Å². The summed E-state index contributed by atoms with van der Waals surface area (Å²) in [5.41, 5.74) is 1.74.